The number of allylic oxidation sites excluding steroid dienone is 2. The van der Waals surface area contributed by atoms with Gasteiger partial charge < -0.3 is 0 Å². The molecule has 0 saturated carbocycles. The van der Waals surface area contributed by atoms with Gasteiger partial charge in [0.2, 0.25) is 0 Å². The zero-order valence-corrected chi connectivity index (χ0v) is 6.15. The minimum absolute atomic E-state index is 0. The average Bonchev–Trinajstić information content (AvgIpc) is 1.93. The third-order valence-corrected chi connectivity index (χ3v) is 1.34. The highest BCUT2D eigenvalue weighted by atomic mass is 35.5. The van der Waals surface area contributed by atoms with E-state index in [9.17, 15) is 26.3 Å². The predicted octanol–water partition coefficient (Wildman–Crippen LogP) is 2.88. The summed E-state index contributed by atoms with van der Waals surface area (Å²) < 4.78 is 71.5. The van der Waals surface area contributed by atoms with Crippen LogP contribution in [0.5, 0.6) is 0 Å². The number of alkyl halides is 6. The molecule has 1 rings (SSSR count). The highest BCUT2D eigenvalue weighted by molar-refractivity contribution is 5.85. The van der Waals surface area contributed by atoms with Crippen LogP contribution in [0.25, 0.3) is 0 Å². The van der Waals surface area contributed by atoms with Gasteiger partial charge in [-0.2, -0.15) is 26.3 Å². The first-order valence-electron chi connectivity index (χ1n) is 2.54. The van der Waals surface area contributed by atoms with Gasteiger partial charge in [-0.3, -0.25) is 0 Å². The third-order valence-electron chi connectivity index (χ3n) is 1.34. The maximum atomic E-state index is 11.9. The van der Waals surface area contributed by atoms with Crippen molar-refractivity contribution in [2.24, 2.45) is 0 Å². The van der Waals surface area contributed by atoms with Gasteiger partial charge in [0.1, 0.15) is 0 Å². The summed E-state index contributed by atoms with van der Waals surface area (Å²) in [4.78, 5) is 0. The molecule has 0 aromatic heterocycles. The number of rotatable bonds is 0. The van der Waals surface area contributed by atoms with Crippen molar-refractivity contribution in [3.05, 3.63) is 12.2 Å². The third kappa shape index (κ3) is 1.18. The Balaban J connectivity index is 0.00000121. The fourth-order valence-electron chi connectivity index (χ4n) is 0.641. The summed E-state index contributed by atoms with van der Waals surface area (Å²) in [5, 5.41) is 0. The van der Waals surface area contributed by atoms with Gasteiger partial charge in [0.15, 0.2) is 0 Å². The molecule has 0 fully saturated rings. The van der Waals surface area contributed by atoms with Gasteiger partial charge in [0.25, 0.3) is 0 Å². The van der Waals surface area contributed by atoms with Crippen LogP contribution in [0, 0.1) is 0 Å². The van der Waals surface area contributed by atoms with Crippen LogP contribution in [0.1, 0.15) is 0 Å². The van der Waals surface area contributed by atoms with Crippen LogP contribution in [0.4, 0.5) is 26.3 Å². The summed E-state index contributed by atoms with van der Waals surface area (Å²) >= 11 is 0. The van der Waals surface area contributed by atoms with Crippen LogP contribution in [0.2, 0.25) is 0 Å². The summed E-state index contributed by atoms with van der Waals surface area (Å²) in [5.74, 6) is -14.8. The standard InChI is InChI=1S/C5H2F6.ClH/c6-3(7)1-2-4(8,9)5(3,10)11;/h1-2H;1H. The van der Waals surface area contributed by atoms with Gasteiger partial charge in [-0.1, -0.05) is 0 Å². The smallest absolute Gasteiger partial charge is 0.195 e. The lowest BCUT2D eigenvalue weighted by Gasteiger charge is -2.22. The van der Waals surface area contributed by atoms with Crippen LogP contribution in [0.15, 0.2) is 12.2 Å². The monoisotopic (exact) mass is 212 g/mol. The van der Waals surface area contributed by atoms with Gasteiger partial charge in [0, 0.05) is 0 Å². The molecule has 72 valence electrons. The summed E-state index contributed by atoms with van der Waals surface area (Å²) in [6, 6.07) is 0. The topological polar surface area (TPSA) is 0 Å². The lowest BCUT2D eigenvalue weighted by Crippen LogP contribution is -2.47. The van der Waals surface area contributed by atoms with Crippen molar-refractivity contribution in [3.63, 3.8) is 0 Å². The SMILES string of the molecule is Cl.FC1(F)C=CC(F)(F)C1(F)F. The molecule has 0 spiro atoms. The molecular formula is C5H3ClF6. The van der Waals surface area contributed by atoms with Crippen molar-refractivity contribution in [2.45, 2.75) is 17.8 Å². The van der Waals surface area contributed by atoms with Crippen LogP contribution in [-0.4, -0.2) is 17.8 Å². The maximum absolute atomic E-state index is 11.9. The van der Waals surface area contributed by atoms with Gasteiger partial charge in [-0.05, 0) is 12.2 Å². The van der Waals surface area contributed by atoms with E-state index in [0.29, 0.717) is 0 Å². The average molecular weight is 213 g/mol. The molecule has 0 saturated heterocycles. The molecule has 1 aliphatic carbocycles. The molecule has 0 aliphatic heterocycles. The zero-order valence-electron chi connectivity index (χ0n) is 5.33. The van der Waals surface area contributed by atoms with E-state index in [1.54, 1.807) is 0 Å². The van der Waals surface area contributed by atoms with Gasteiger partial charge in [0.05, 0.1) is 0 Å². The molecular weight excluding hydrogens is 209 g/mol. The molecule has 0 atom stereocenters. The molecule has 0 radical (unpaired) electrons. The lowest BCUT2D eigenvalue weighted by atomic mass is 10.2. The number of hydrogen-bond donors (Lipinski definition) is 0. The van der Waals surface area contributed by atoms with Crippen LogP contribution < -0.4 is 0 Å². The summed E-state index contributed by atoms with van der Waals surface area (Å²) in [6.45, 7) is 0. The fraction of sp³-hybridized carbons (Fsp3) is 0.600. The molecule has 0 N–H and O–H groups in total. The Bertz CT molecular complexity index is 188. The predicted molar refractivity (Wildman–Crippen MR) is 31.2 cm³/mol. The van der Waals surface area contributed by atoms with E-state index in [0.717, 1.165) is 0 Å². The Kier molecular flexibility index (Phi) is 2.47. The minimum atomic E-state index is -5.29. The van der Waals surface area contributed by atoms with Gasteiger partial charge in [-0.25, -0.2) is 0 Å². The second kappa shape index (κ2) is 2.55. The Morgan fingerprint density at radius 3 is 1.00 bits per heavy atom. The van der Waals surface area contributed by atoms with Gasteiger partial charge in [-0.15, -0.1) is 12.4 Å². The highest BCUT2D eigenvalue weighted by Gasteiger charge is 2.73. The van der Waals surface area contributed by atoms with E-state index in [1.165, 1.54) is 0 Å². The fourth-order valence-corrected chi connectivity index (χ4v) is 0.641. The molecule has 0 aromatic carbocycles. The molecule has 0 heterocycles. The summed E-state index contributed by atoms with van der Waals surface area (Å²) in [6.07, 6.45) is -0.958. The highest BCUT2D eigenvalue weighted by Crippen LogP contribution is 2.51. The van der Waals surface area contributed by atoms with Crippen LogP contribution in [-0.2, 0) is 0 Å². The first-order chi connectivity index (χ1) is 4.71. The maximum Gasteiger partial charge on any atom is 0.379 e. The normalized spacial score (nSPS) is 28.2. The molecule has 0 aromatic rings. The van der Waals surface area contributed by atoms with Crippen molar-refractivity contribution in [2.75, 3.05) is 0 Å². The second-order valence-corrected chi connectivity index (χ2v) is 2.15. The molecule has 0 nitrogen and oxygen atoms in total. The molecule has 0 unspecified atom stereocenters. The largest absolute Gasteiger partial charge is 0.379 e. The summed E-state index contributed by atoms with van der Waals surface area (Å²) in [7, 11) is 0. The van der Waals surface area contributed by atoms with Crippen molar-refractivity contribution in [1.29, 1.82) is 0 Å². The van der Waals surface area contributed by atoms with Crippen molar-refractivity contribution < 1.29 is 26.3 Å². The molecule has 1 aliphatic rings. The van der Waals surface area contributed by atoms with Crippen LogP contribution in [0.3, 0.4) is 0 Å². The lowest BCUT2D eigenvalue weighted by molar-refractivity contribution is -0.259. The van der Waals surface area contributed by atoms with Crippen molar-refractivity contribution in [1.82, 2.24) is 0 Å². The van der Waals surface area contributed by atoms with E-state index < -0.39 is 29.9 Å². The molecule has 0 bridgehead atoms. The van der Waals surface area contributed by atoms with E-state index in [4.69, 9.17) is 0 Å². The Hall–Kier alpha value is -0.390. The van der Waals surface area contributed by atoms with E-state index in [2.05, 4.69) is 0 Å². The first kappa shape index (κ1) is 11.6. The number of halogens is 7. The van der Waals surface area contributed by atoms with Crippen molar-refractivity contribution >= 4 is 12.4 Å². The number of hydrogen-bond acceptors (Lipinski definition) is 0. The quantitative estimate of drug-likeness (QED) is 0.428. The van der Waals surface area contributed by atoms with Crippen molar-refractivity contribution in [3.8, 4) is 0 Å². The second-order valence-electron chi connectivity index (χ2n) is 2.15. The molecule has 7 heteroatoms. The van der Waals surface area contributed by atoms with Crippen LogP contribution >= 0.6 is 12.4 Å². The summed E-state index contributed by atoms with van der Waals surface area (Å²) in [5.41, 5.74) is 0. The first-order valence-corrected chi connectivity index (χ1v) is 2.54. The van der Waals surface area contributed by atoms with Gasteiger partial charge >= 0.3 is 17.8 Å². The van der Waals surface area contributed by atoms with E-state index in [-0.39, 0.29) is 12.4 Å². The Labute approximate surface area is 69.6 Å². The minimum Gasteiger partial charge on any atom is -0.195 e. The van der Waals surface area contributed by atoms with E-state index in [1.807, 2.05) is 0 Å². The zero-order chi connectivity index (χ0) is 8.91. The molecule has 0 amide bonds. The Morgan fingerprint density at radius 2 is 0.917 bits per heavy atom. The van der Waals surface area contributed by atoms with E-state index >= 15 is 0 Å². The molecule has 12 heavy (non-hydrogen) atoms. The Morgan fingerprint density at radius 1 is 0.667 bits per heavy atom.